The van der Waals surface area contributed by atoms with Crippen LogP contribution >= 0.6 is 0 Å². The molecule has 0 unspecified atom stereocenters. The van der Waals surface area contributed by atoms with Crippen molar-refractivity contribution in [1.29, 1.82) is 5.26 Å². The number of rotatable bonds is 4. The van der Waals surface area contributed by atoms with Crippen LogP contribution in [0.15, 0.2) is 36.5 Å². The topological polar surface area (TPSA) is 60.7 Å². The highest BCUT2D eigenvalue weighted by molar-refractivity contribution is 5.66. The van der Waals surface area contributed by atoms with Gasteiger partial charge in [0.1, 0.15) is 5.82 Å². The van der Waals surface area contributed by atoms with Gasteiger partial charge < -0.3 is 10.6 Å². The maximum Gasteiger partial charge on any atom is 0.127 e. The molecule has 0 amide bonds. The van der Waals surface area contributed by atoms with Gasteiger partial charge in [0.15, 0.2) is 0 Å². The van der Waals surface area contributed by atoms with Crippen LogP contribution in [-0.4, -0.2) is 11.5 Å². The van der Waals surface area contributed by atoms with E-state index in [0.717, 1.165) is 29.3 Å². The Labute approximate surface area is 113 Å². The molecule has 0 atom stereocenters. The molecule has 0 aliphatic carbocycles. The second-order valence-corrected chi connectivity index (χ2v) is 4.23. The average molecular weight is 252 g/mol. The second-order valence-electron chi connectivity index (χ2n) is 4.23. The summed E-state index contributed by atoms with van der Waals surface area (Å²) in [7, 11) is 0. The lowest BCUT2D eigenvalue weighted by atomic mass is 10.1. The predicted molar refractivity (Wildman–Crippen MR) is 77.6 cm³/mol. The van der Waals surface area contributed by atoms with Gasteiger partial charge in [-0.05, 0) is 37.6 Å². The van der Waals surface area contributed by atoms with Crippen LogP contribution in [0.2, 0.25) is 0 Å². The second kappa shape index (κ2) is 5.87. The molecule has 1 aromatic heterocycles. The lowest BCUT2D eigenvalue weighted by Gasteiger charge is -2.11. The fraction of sp³-hybridized carbons (Fsp3) is 0.200. The van der Waals surface area contributed by atoms with Crippen LogP contribution in [0.4, 0.5) is 17.2 Å². The van der Waals surface area contributed by atoms with E-state index < -0.39 is 0 Å². The van der Waals surface area contributed by atoms with Crippen LogP contribution in [0.1, 0.15) is 18.1 Å². The van der Waals surface area contributed by atoms with Crippen LogP contribution in [0.5, 0.6) is 0 Å². The number of aryl methyl sites for hydroxylation is 1. The van der Waals surface area contributed by atoms with Crippen molar-refractivity contribution in [1.82, 2.24) is 4.98 Å². The van der Waals surface area contributed by atoms with Gasteiger partial charge in [-0.3, -0.25) is 0 Å². The number of hydrogen-bond donors (Lipinski definition) is 2. The standard InChI is InChI=1S/C15H16N4/c1-3-17-15-9-13(6-7-18-15)19-14-8-12(10-16)5-4-11(14)2/h4-9H,3H2,1-2H3,(H2,17,18,19). The molecule has 0 aliphatic rings. The van der Waals surface area contributed by atoms with Crippen molar-refractivity contribution >= 4 is 17.2 Å². The van der Waals surface area contributed by atoms with Gasteiger partial charge in [0.05, 0.1) is 11.6 Å². The van der Waals surface area contributed by atoms with Gasteiger partial charge in [-0.25, -0.2) is 4.98 Å². The fourth-order valence-corrected chi connectivity index (χ4v) is 1.77. The number of benzene rings is 1. The van der Waals surface area contributed by atoms with Gasteiger partial charge >= 0.3 is 0 Å². The summed E-state index contributed by atoms with van der Waals surface area (Å²) in [6.07, 6.45) is 1.75. The molecular weight excluding hydrogens is 236 g/mol. The minimum Gasteiger partial charge on any atom is -0.370 e. The van der Waals surface area contributed by atoms with E-state index in [4.69, 9.17) is 5.26 Å². The highest BCUT2D eigenvalue weighted by Crippen LogP contribution is 2.22. The molecule has 1 aromatic carbocycles. The number of anilines is 3. The van der Waals surface area contributed by atoms with Gasteiger partial charge in [0, 0.05) is 30.2 Å². The molecule has 0 bridgehead atoms. The molecule has 0 radical (unpaired) electrons. The summed E-state index contributed by atoms with van der Waals surface area (Å²) < 4.78 is 0. The van der Waals surface area contributed by atoms with Crippen molar-refractivity contribution in [2.75, 3.05) is 17.2 Å². The first-order valence-corrected chi connectivity index (χ1v) is 6.20. The number of nitrogens with zero attached hydrogens (tertiary/aromatic N) is 2. The number of aromatic nitrogens is 1. The zero-order chi connectivity index (χ0) is 13.7. The number of hydrogen-bond acceptors (Lipinski definition) is 4. The highest BCUT2D eigenvalue weighted by atomic mass is 15.0. The third-order valence-electron chi connectivity index (χ3n) is 2.76. The third kappa shape index (κ3) is 3.23. The maximum atomic E-state index is 8.94. The van der Waals surface area contributed by atoms with E-state index in [9.17, 15) is 0 Å². The molecule has 2 aromatic rings. The molecule has 0 spiro atoms. The first kappa shape index (κ1) is 12.9. The van der Waals surface area contributed by atoms with Gasteiger partial charge in [-0.1, -0.05) is 6.07 Å². The van der Waals surface area contributed by atoms with Crippen LogP contribution in [-0.2, 0) is 0 Å². The molecule has 96 valence electrons. The number of nitrogens with one attached hydrogen (secondary N) is 2. The lowest BCUT2D eigenvalue weighted by Crippen LogP contribution is -2.00. The summed E-state index contributed by atoms with van der Waals surface area (Å²) in [5.74, 6) is 0.835. The Hall–Kier alpha value is -2.54. The van der Waals surface area contributed by atoms with E-state index in [0.29, 0.717) is 5.56 Å². The molecule has 2 N–H and O–H groups in total. The summed E-state index contributed by atoms with van der Waals surface area (Å²) in [5, 5.41) is 15.4. The summed E-state index contributed by atoms with van der Waals surface area (Å²) >= 11 is 0. The molecule has 1 heterocycles. The minimum atomic E-state index is 0.647. The van der Waals surface area contributed by atoms with Crippen molar-refractivity contribution in [3.8, 4) is 6.07 Å². The Bertz CT molecular complexity index is 614. The normalized spacial score (nSPS) is 9.74. The Morgan fingerprint density at radius 2 is 2.11 bits per heavy atom. The molecule has 4 heteroatoms. The Kier molecular flexibility index (Phi) is 3.99. The molecule has 0 aliphatic heterocycles. The number of pyridine rings is 1. The first-order chi connectivity index (χ1) is 9.22. The van der Waals surface area contributed by atoms with Crippen molar-refractivity contribution < 1.29 is 0 Å². The zero-order valence-corrected chi connectivity index (χ0v) is 11.1. The van der Waals surface area contributed by atoms with Crippen molar-refractivity contribution in [3.05, 3.63) is 47.7 Å². The Morgan fingerprint density at radius 1 is 1.26 bits per heavy atom. The highest BCUT2D eigenvalue weighted by Gasteiger charge is 2.02. The molecular formula is C15H16N4. The summed E-state index contributed by atoms with van der Waals surface area (Å²) in [4.78, 5) is 4.22. The molecule has 19 heavy (non-hydrogen) atoms. The zero-order valence-electron chi connectivity index (χ0n) is 11.1. The molecule has 4 nitrogen and oxygen atoms in total. The molecule has 0 saturated heterocycles. The molecule has 0 fully saturated rings. The van der Waals surface area contributed by atoms with Gasteiger partial charge in [0.2, 0.25) is 0 Å². The van der Waals surface area contributed by atoms with Crippen molar-refractivity contribution in [2.45, 2.75) is 13.8 Å². The average Bonchev–Trinajstić information content (AvgIpc) is 2.42. The Balaban J connectivity index is 2.26. The van der Waals surface area contributed by atoms with Crippen molar-refractivity contribution in [2.24, 2.45) is 0 Å². The largest absolute Gasteiger partial charge is 0.370 e. The van der Waals surface area contributed by atoms with Crippen LogP contribution in [0, 0.1) is 18.3 Å². The van der Waals surface area contributed by atoms with E-state index >= 15 is 0 Å². The van der Waals surface area contributed by atoms with E-state index in [-0.39, 0.29) is 0 Å². The maximum absolute atomic E-state index is 8.94. The minimum absolute atomic E-state index is 0.647. The molecule has 0 saturated carbocycles. The van der Waals surface area contributed by atoms with Crippen molar-refractivity contribution in [3.63, 3.8) is 0 Å². The quantitative estimate of drug-likeness (QED) is 0.875. The van der Waals surface area contributed by atoms with Gasteiger partial charge in [0.25, 0.3) is 0 Å². The monoisotopic (exact) mass is 252 g/mol. The smallest absolute Gasteiger partial charge is 0.127 e. The third-order valence-corrected chi connectivity index (χ3v) is 2.76. The first-order valence-electron chi connectivity index (χ1n) is 6.20. The SMILES string of the molecule is CCNc1cc(Nc2cc(C#N)ccc2C)ccn1. The predicted octanol–water partition coefficient (Wildman–Crippen LogP) is 3.44. The van der Waals surface area contributed by atoms with E-state index in [1.165, 1.54) is 0 Å². The van der Waals surface area contributed by atoms with E-state index in [1.807, 2.05) is 44.2 Å². The van der Waals surface area contributed by atoms with Crippen LogP contribution in [0.25, 0.3) is 0 Å². The lowest BCUT2D eigenvalue weighted by molar-refractivity contribution is 1.16. The fourth-order valence-electron chi connectivity index (χ4n) is 1.77. The summed E-state index contributed by atoms with van der Waals surface area (Å²) in [6, 6.07) is 11.6. The van der Waals surface area contributed by atoms with Gasteiger partial charge in [-0.2, -0.15) is 5.26 Å². The van der Waals surface area contributed by atoms with Gasteiger partial charge in [-0.15, -0.1) is 0 Å². The van der Waals surface area contributed by atoms with Crippen LogP contribution in [0.3, 0.4) is 0 Å². The molecule has 2 rings (SSSR count). The number of nitriles is 1. The summed E-state index contributed by atoms with van der Waals surface area (Å²) in [6.45, 7) is 4.87. The van der Waals surface area contributed by atoms with E-state index in [2.05, 4.69) is 21.7 Å². The van der Waals surface area contributed by atoms with E-state index in [1.54, 1.807) is 6.20 Å². The summed E-state index contributed by atoms with van der Waals surface area (Å²) in [5.41, 5.74) is 3.63. The Morgan fingerprint density at radius 3 is 2.84 bits per heavy atom. The van der Waals surface area contributed by atoms with Crippen LogP contribution < -0.4 is 10.6 Å².